The van der Waals surface area contributed by atoms with Crippen LogP contribution in [0.3, 0.4) is 0 Å². The van der Waals surface area contributed by atoms with E-state index in [-0.39, 0.29) is 23.5 Å². The topological polar surface area (TPSA) is 83.5 Å². The highest BCUT2D eigenvalue weighted by Crippen LogP contribution is 2.32. The summed E-state index contributed by atoms with van der Waals surface area (Å²) < 4.78 is 13.1. The van der Waals surface area contributed by atoms with Gasteiger partial charge in [0.2, 0.25) is 0 Å². The molecule has 1 unspecified atom stereocenters. The van der Waals surface area contributed by atoms with Crippen molar-refractivity contribution < 1.29 is 14.0 Å². The highest BCUT2D eigenvalue weighted by atomic mass is 19.1. The van der Waals surface area contributed by atoms with Crippen LogP contribution in [0, 0.1) is 11.7 Å². The molecule has 7 heteroatoms. The molecule has 3 aromatic rings. The van der Waals surface area contributed by atoms with E-state index in [0.29, 0.717) is 16.7 Å². The molecule has 2 amide bonds. The van der Waals surface area contributed by atoms with Gasteiger partial charge in [0.15, 0.2) is 5.49 Å². The zero-order valence-corrected chi connectivity index (χ0v) is 17.3. The van der Waals surface area contributed by atoms with Gasteiger partial charge in [0.25, 0.3) is 11.8 Å². The number of hydrogen-bond donors (Lipinski definition) is 2. The summed E-state index contributed by atoms with van der Waals surface area (Å²) in [6, 6.07) is 14.6. The number of carbonyl (C=O) groups is 2. The molecular weight excluding hydrogens is 407 g/mol. The van der Waals surface area contributed by atoms with Crippen molar-refractivity contribution in [2.24, 2.45) is 10.9 Å². The maximum atomic E-state index is 13.1. The van der Waals surface area contributed by atoms with E-state index in [1.165, 1.54) is 24.3 Å². The molecule has 2 aliphatic rings. The SMILES string of the molecule is O=C(Nc1ccc(Nc2ccnc3c2=C2CCCCC2C(=O)N=3)cc1)c1ccc(F)cc1. The van der Waals surface area contributed by atoms with E-state index in [2.05, 4.69) is 20.6 Å². The van der Waals surface area contributed by atoms with E-state index in [4.69, 9.17) is 0 Å². The second kappa shape index (κ2) is 8.34. The zero-order chi connectivity index (χ0) is 22.1. The third kappa shape index (κ3) is 3.89. The molecule has 1 atom stereocenters. The van der Waals surface area contributed by atoms with Crippen molar-refractivity contribution in [2.45, 2.75) is 25.7 Å². The largest absolute Gasteiger partial charge is 0.355 e. The van der Waals surface area contributed by atoms with Crippen LogP contribution in [0.2, 0.25) is 0 Å². The van der Waals surface area contributed by atoms with E-state index in [9.17, 15) is 14.0 Å². The minimum Gasteiger partial charge on any atom is -0.355 e. The maximum absolute atomic E-state index is 13.1. The lowest BCUT2D eigenvalue weighted by Crippen LogP contribution is -2.41. The number of pyridine rings is 1. The number of benzene rings is 2. The fourth-order valence-electron chi connectivity index (χ4n) is 4.32. The van der Waals surface area contributed by atoms with Gasteiger partial charge in [-0.25, -0.2) is 9.37 Å². The van der Waals surface area contributed by atoms with Crippen LogP contribution in [0.4, 0.5) is 21.5 Å². The average Bonchev–Trinajstić information content (AvgIpc) is 2.81. The monoisotopic (exact) mass is 428 g/mol. The van der Waals surface area contributed by atoms with Gasteiger partial charge in [-0.2, -0.15) is 4.99 Å². The second-order valence-corrected chi connectivity index (χ2v) is 7.99. The molecule has 1 fully saturated rings. The summed E-state index contributed by atoms with van der Waals surface area (Å²) in [4.78, 5) is 33.3. The average molecular weight is 428 g/mol. The summed E-state index contributed by atoms with van der Waals surface area (Å²) in [5, 5.41) is 7.15. The molecule has 0 spiro atoms. The molecule has 1 saturated carbocycles. The first-order valence-corrected chi connectivity index (χ1v) is 10.6. The van der Waals surface area contributed by atoms with E-state index in [0.717, 1.165) is 47.8 Å². The number of aromatic nitrogens is 1. The third-order valence-electron chi connectivity index (χ3n) is 5.90. The number of halogens is 1. The minimum atomic E-state index is -0.384. The van der Waals surface area contributed by atoms with Gasteiger partial charge in [-0.1, -0.05) is 6.42 Å². The first-order valence-electron chi connectivity index (χ1n) is 10.6. The predicted molar refractivity (Wildman–Crippen MR) is 119 cm³/mol. The van der Waals surface area contributed by atoms with Gasteiger partial charge in [-0.3, -0.25) is 9.59 Å². The standard InChI is InChI=1S/C25H21FN4O2/c26-16-7-5-15(6-8-16)24(31)29-18-11-9-17(10-12-18)28-21-13-14-27-23-22(21)19-3-1-2-4-20(19)25(32)30-23/h5-14,20,28H,1-4H2,(H,29,31). The molecular formula is C25H21FN4O2. The Bertz CT molecular complexity index is 1320. The molecule has 1 aliphatic carbocycles. The van der Waals surface area contributed by atoms with Gasteiger partial charge in [0.05, 0.1) is 11.6 Å². The molecule has 2 N–H and O–H groups in total. The van der Waals surface area contributed by atoms with Crippen molar-refractivity contribution in [1.82, 2.24) is 4.98 Å². The highest BCUT2D eigenvalue weighted by molar-refractivity contribution is 6.04. The first kappa shape index (κ1) is 20.1. The van der Waals surface area contributed by atoms with Crippen LogP contribution < -0.4 is 21.3 Å². The normalized spacial score (nSPS) is 17.1. The molecule has 2 heterocycles. The Morgan fingerprint density at radius 1 is 0.969 bits per heavy atom. The lowest BCUT2D eigenvalue weighted by atomic mass is 9.81. The molecule has 0 bridgehead atoms. The number of rotatable bonds is 4. The summed E-state index contributed by atoms with van der Waals surface area (Å²) >= 11 is 0. The van der Waals surface area contributed by atoms with Gasteiger partial charge < -0.3 is 10.6 Å². The van der Waals surface area contributed by atoms with Crippen molar-refractivity contribution in [3.8, 4) is 0 Å². The molecule has 6 nitrogen and oxygen atoms in total. The Kier molecular flexibility index (Phi) is 5.23. The first-order chi connectivity index (χ1) is 15.6. The van der Waals surface area contributed by atoms with E-state index < -0.39 is 0 Å². The fraction of sp³-hybridized carbons (Fsp3) is 0.200. The summed E-state index contributed by atoms with van der Waals surface area (Å²) in [6.07, 6.45) is 5.48. The van der Waals surface area contributed by atoms with Crippen LogP contribution in [-0.4, -0.2) is 16.8 Å². The lowest BCUT2D eigenvalue weighted by Gasteiger charge is -2.25. The minimum absolute atomic E-state index is 0.0851. The zero-order valence-electron chi connectivity index (χ0n) is 17.3. The van der Waals surface area contributed by atoms with Gasteiger partial charge in [-0.05, 0) is 79.4 Å². The number of nitrogens with zero attached hydrogens (tertiary/aromatic N) is 2. The smallest absolute Gasteiger partial charge is 0.255 e. The number of anilines is 3. The molecule has 32 heavy (non-hydrogen) atoms. The van der Waals surface area contributed by atoms with Gasteiger partial charge in [0, 0.05) is 28.4 Å². The maximum Gasteiger partial charge on any atom is 0.255 e. The third-order valence-corrected chi connectivity index (χ3v) is 5.90. The van der Waals surface area contributed by atoms with E-state index in [1.807, 2.05) is 18.2 Å². The molecule has 0 radical (unpaired) electrons. The molecule has 1 aliphatic heterocycles. The van der Waals surface area contributed by atoms with Crippen LogP contribution in [0.25, 0.3) is 5.57 Å². The predicted octanol–water partition coefficient (Wildman–Crippen LogP) is 3.72. The van der Waals surface area contributed by atoms with Gasteiger partial charge in [0.1, 0.15) is 5.82 Å². The van der Waals surface area contributed by atoms with Crippen molar-refractivity contribution in [3.05, 3.63) is 82.9 Å². The van der Waals surface area contributed by atoms with E-state index in [1.54, 1.807) is 18.3 Å². The molecule has 0 saturated heterocycles. The van der Waals surface area contributed by atoms with Gasteiger partial charge in [-0.15, -0.1) is 0 Å². The van der Waals surface area contributed by atoms with Gasteiger partial charge >= 0.3 is 0 Å². The Morgan fingerprint density at radius 2 is 1.72 bits per heavy atom. The van der Waals surface area contributed by atoms with Crippen LogP contribution in [0.1, 0.15) is 36.0 Å². The number of nitrogens with one attached hydrogen (secondary N) is 2. The van der Waals surface area contributed by atoms with Crippen molar-refractivity contribution in [1.29, 1.82) is 0 Å². The van der Waals surface area contributed by atoms with Crippen molar-refractivity contribution >= 4 is 34.4 Å². The summed E-state index contributed by atoms with van der Waals surface area (Å²) in [6.45, 7) is 0. The number of amides is 2. The Labute approximate surface area is 183 Å². The number of carbonyl (C=O) groups excluding carboxylic acids is 2. The molecule has 160 valence electrons. The van der Waals surface area contributed by atoms with E-state index >= 15 is 0 Å². The van der Waals surface area contributed by atoms with Crippen LogP contribution in [-0.2, 0) is 4.79 Å². The second-order valence-electron chi connectivity index (χ2n) is 7.99. The lowest BCUT2D eigenvalue weighted by molar-refractivity contribution is -0.120. The summed E-state index contributed by atoms with van der Waals surface area (Å²) in [5.74, 6) is -0.909. The van der Waals surface area contributed by atoms with Crippen molar-refractivity contribution in [2.75, 3.05) is 10.6 Å². The van der Waals surface area contributed by atoms with Crippen LogP contribution in [0.15, 0.2) is 65.8 Å². The quantitative estimate of drug-likeness (QED) is 0.664. The Balaban J connectivity index is 1.39. The number of hydrogen-bond acceptors (Lipinski definition) is 4. The Hall–Kier alpha value is -3.87. The summed E-state index contributed by atoms with van der Waals surface area (Å²) in [5.41, 5.74) is 4.33. The molecule has 5 rings (SSSR count). The van der Waals surface area contributed by atoms with Crippen molar-refractivity contribution in [3.63, 3.8) is 0 Å². The molecule has 1 aromatic heterocycles. The number of fused-ring (bicyclic) bond motifs is 2. The highest BCUT2D eigenvalue weighted by Gasteiger charge is 2.30. The van der Waals surface area contributed by atoms with Crippen LogP contribution >= 0.6 is 0 Å². The van der Waals surface area contributed by atoms with Crippen LogP contribution in [0.5, 0.6) is 0 Å². The fourth-order valence-corrected chi connectivity index (χ4v) is 4.32. The summed E-state index contributed by atoms with van der Waals surface area (Å²) in [7, 11) is 0. The Morgan fingerprint density at radius 3 is 2.50 bits per heavy atom. The molecule has 2 aromatic carbocycles.